The van der Waals surface area contributed by atoms with Crippen LogP contribution < -0.4 is 0 Å². The standard InChI is InChI=1S/C36H24S6/c1-35(2)17(13-23-29(37)19-9-5-6-10-20(19)30(23)38)14-26-27(35)28-34(42-26)33-25(36(28,3)4)16-18(41-33)15-24-31(39)21-11-7-8-12-22(21)32(24)40/h5-16H,1-4H3. The first-order chi connectivity index (χ1) is 20.0. The van der Waals surface area contributed by atoms with E-state index in [1.807, 2.05) is 46.9 Å². The zero-order valence-electron chi connectivity index (χ0n) is 23.4. The predicted octanol–water partition coefficient (Wildman–Crippen LogP) is 10.4. The van der Waals surface area contributed by atoms with E-state index in [0.717, 1.165) is 52.9 Å². The monoisotopic (exact) mass is 648 g/mol. The SMILES string of the molecule is CC1(C)C(C=C2C(=S)c3ccccc3C2=S)=Cc2sc3c(c21)C(C)(C)c1cc(C=C2C(=S)c4ccccc4C2=S)sc1-3. The van der Waals surface area contributed by atoms with Crippen LogP contribution in [-0.4, -0.2) is 19.5 Å². The molecule has 0 N–H and O–H groups in total. The molecule has 0 radical (unpaired) electrons. The van der Waals surface area contributed by atoms with E-state index in [4.69, 9.17) is 48.9 Å². The number of rotatable bonds is 2. The highest BCUT2D eigenvalue weighted by Crippen LogP contribution is 2.62. The summed E-state index contributed by atoms with van der Waals surface area (Å²) < 4.78 is 0. The maximum Gasteiger partial charge on any atom is 0.0543 e. The summed E-state index contributed by atoms with van der Waals surface area (Å²) in [6, 6.07) is 18.8. The first-order valence-electron chi connectivity index (χ1n) is 13.8. The third-order valence-corrected chi connectivity index (χ3v) is 13.4. The van der Waals surface area contributed by atoms with E-state index in [2.05, 4.69) is 76.3 Å². The third-order valence-electron chi connectivity index (χ3n) is 9.22. The van der Waals surface area contributed by atoms with Crippen LogP contribution >= 0.6 is 71.5 Å². The topological polar surface area (TPSA) is 0 Å². The Morgan fingerprint density at radius 2 is 1.10 bits per heavy atom. The molecule has 0 aliphatic heterocycles. The molecule has 0 spiro atoms. The highest BCUT2D eigenvalue weighted by molar-refractivity contribution is 7.84. The molecule has 0 amide bonds. The van der Waals surface area contributed by atoms with Crippen LogP contribution in [0, 0.1) is 0 Å². The lowest BCUT2D eigenvalue weighted by Crippen LogP contribution is -2.24. The molecule has 6 heteroatoms. The lowest BCUT2D eigenvalue weighted by molar-refractivity contribution is 0.600. The molecular weight excluding hydrogens is 625 g/mol. The fourth-order valence-electron chi connectivity index (χ4n) is 6.97. The Morgan fingerprint density at radius 1 is 0.595 bits per heavy atom. The molecule has 4 aliphatic rings. The molecule has 0 nitrogen and oxygen atoms in total. The van der Waals surface area contributed by atoms with Crippen molar-refractivity contribution in [2.45, 2.75) is 38.5 Å². The van der Waals surface area contributed by atoms with Crippen molar-refractivity contribution in [3.8, 4) is 9.75 Å². The molecule has 0 unspecified atom stereocenters. The molecule has 2 heterocycles. The van der Waals surface area contributed by atoms with Crippen molar-refractivity contribution < 1.29 is 0 Å². The van der Waals surface area contributed by atoms with Gasteiger partial charge in [-0.05, 0) is 46.6 Å². The number of hydrogen-bond acceptors (Lipinski definition) is 6. The number of thiocarbonyl (C=S) groups is 4. The molecular formula is C36H24S6. The summed E-state index contributed by atoms with van der Waals surface area (Å²) in [7, 11) is 0. The minimum Gasteiger partial charge on any atom is -0.135 e. The van der Waals surface area contributed by atoms with Crippen molar-refractivity contribution in [3.63, 3.8) is 0 Å². The van der Waals surface area contributed by atoms with Crippen molar-refractivity contribution >= 4 is 103 Å². The Bertz CT molecular complexity index is 2020. The fraction of sp³-hybridized carbons (Fsp3) is 0.167. The first kappa shape index (κ1) is 27.0. The van der Waals surface area contributed by atoms with Crippen molar-refractivity contribution in [1.82, 2.24) is 0 Å². The van der Waals surface area contributed by atoms with E-state index in [1.165, 1.54) is 41.8 Å². The van der Waals surface area contributed by atoms with E-state index in [9.17, 15) is 0 Å². The van der Waals surface area contributed by atoms with E-state index in [0.29, 0.717) is 0 Å². The average Bonchev–Trinajstić information content (AvgIpc) is 3.75. The van der Waals surface area contributed by atoms with E-state index < -0.39 is 0 Å². The molecule has 4 aliphatic carbocycles. The van der Waals surface area contributed by atoms with Crippen molar-refractivity contribution in [2.24, 2.45) is 0 Å². The zero-order chi connectivity index (χ0) is 29.3. The molecule has 0 saturated carbocycles. The average molecular weight is 649 g/mol. The van der Waals surface area contributed by atoms with Gasteiger partial charge in [-0.15, -0.1) is 22.7 Å². The molecule has 0 atom stereocenters. The lowest BCUT2D eigenvalue weighted by Gasteiger charge is -2.29. The van der Waals surface area contributed by atoms with Crippen molar-refractivity contribution in [2.75, 3.05) is 0 Å². The molecule has 204 valence electrons. The Kier molecular flexibility index (Phi) is 5.77. The van der Waals surface area contributed by atoms with E-state index in [1.54, 1.807) is 0 Å². The van der Waals surface area contributed by atoms with Crippen molar-refractivity contribution in [3.05, 3.63) is 126 Å². The summed E-state index contributed by atoms with van der Waals surface area (Å²) in [5.41, 5.74) is 11.6. The summed E-state index contributed by atoms with van der Waals surface area (Å²) in [6.45, 7) is 9.45. The van der Waals surface area contributed by atoms with Gasteiger partial charge in [0.15, 0.2) is 0 Å². The van der Waals surface area contributed by atoms with Gasteiger partial charge in [0, 0.05) is 63.7 Å². The molecule has 8 rings (SSSR count). The molecule has 0 fully saturated rings. The first-order valence-corrected chi connectivity index (χ1v) is 17.1. The normalized spacial score (nSPS) is 18.6. The number of hydrogen-bond donors (Lipinski definition) is 0. The van der Waals surface area contributed by atoms with Gasteiger partial charge in [0.25, 0.3) is 0 Å². The van der Waals surface area contributed by atoms with Gasteiger partial charge in [0.05, 0.1) is 19.5 Å². The summed E-state index contributed by atoms with van der Waals surface area (Å²) in [4.78, 5) is 8.79. The van der Waals surface area contributed by atoms with Gasteiger partial charge in [0.2, 0.25) is 0 Å². The maximum absolute atomic E-state index is 5.90. The highest BCUT2D eigenvalue weighted by Gasteiger charge is 2.47. The van der Waals surface area contributed by atoms with Gasteiger partial charge >= 0.3 is 0 Å². The number of allylic oxidation sites excluding steroid dienone is 4. The molecule has 0 saturated heterocycles. The zero-order valence-corrected chi connectivity index (χ0v) is 28.3. The Morgan fingerprint density at radius 3 is 1.62 bits per heavy atom. The minimum atomic E-state index is -0.156. The van der Waals surface area contributed by atoms with Gasteiger partial charge in [-0.25, -0.2) is 0 Å². The third kappa shape index (κ3) is 3.48. The Labute approximate surface area is 275 Å². The number of benzene rings is 2. The lowest BCUT2D eigenvalue weighted by atomic mass is 9.73. The van der Waals surface area contributed by atoms with Crippen LogP contribution in [0.25, 0.3) is 21.9 Å². The molecule has 42 heavy (non-hydrogen) atoms. The summed E-state index contributed by atoms with van der Waals surface area (Å²) in [5, 5.41) is 0. The quantitative estimate of drug-likeness (QED) is 0.157. The van der Waals surface area contributed by atoms with Crippen LogP contribution in [0.1, 0.15) is 76.4 Å². The molecule has 2 aromatic carbocycles. The van der Waals surface area contributed by atoms with Crippen LogP contribution in [-0.2, 0) is 10.8 Å². The predicted molar refractivity (Wildman–Crippen MR) is 197 cm³/mol. The second-order valence-electron chi connectivity index (χ2n) is 12.3. The van der Waals surface area contributed by atoms with Crippen LogP contribution in [0.2, 0.25) is 0 Å². The van der Waals surface area contributed by atoms with Gasteiger partial charge in [-0.1, -0.05) is 125 Å². The Hall–Kier alpha value is -2.58. The smallest absolute Gasteiger partial charge is 0.0543 e. The van der Waals surface area contributed by atoms with Gasteiger partial charge in [0.1, 0.15) is 0 Å². The van der Waals surface area contributed by atoms with Gasteiger partial charge < -0.3 is 0 Å². The number of fused-ring (bicyclic) bond motifs is 7. The van der Waals surface area contributed by atoms with E-state index in [-0.39, 0.29) is 10.8 Å². The van der Waals surface area contributed by atoms with Gasteiger partial charge in [-0.3, -0.25) is 0 Å². The summed E-state index contributed by atoms with van der Waals surface area (Å²) in [5.74, 6) is 0. The Balaban J connectivity index is 1.19. The van der Waals surface area contributed by atoms with Crippen LogP contribution in [0.4, 0.5) is 0 Å². The van der Waals surface area contributed by atoms with E-state index >= 15 is 0 Å². The van der Waals surface area contributed by atoms with Crippen LogP contribution in [0.5, 0.6) is 0 Å². The minimum absolute atomic E-state index is 0.108. The van der Waals surface area contributed by atoms with Crippen molar-refractivity contribution in [1.29, 1.82) is 0 Å². The van der Waals surface area contributed by atoms with Gasteiger partial charge in [-0.2, -0.15) is 0 Å². The fourth-order valence-corrected chi connectivity index (χ4v) is 11.4. The molecule has 2 aromatic heterocycles. The second-order valence-corrected chi connectivity index (χ2v) is 16.1. The summed E-state index contributed by atoms with van der Waals surface area (Å²) >= 11 is 27.3. The highest BCUT2D eigenvalue weighted by atomic mass is 32.1. The molecule has 0 bridgehead atoms. The number of thiophene rings is 2. The van der Waals surface area contributed by atoms with Crippen LogP contribution in [0.15, 0.2) is 77.4 Å². The maximum atomic E-state index is 5.90. The summed E-state index contributed by atoms with van der Waals surface area (Å²) in [6.07, 6.45) is 6.85. The largest absolute Gasteiger partial charge is 0.135 e. The molecule has 4 aromatic rings. The van der Waals surface area contributed by atoms with Crippen LogP contribution in [0.3, 0.4) is 0 Å². The second kappa shape index (κ2) is 8.98.